The topological polar surface area (TPSA) is 34.1 Å². The summed E-state index contributed by atoms with van der Waals surface area (Å²) in [6.45, 7) is 2.78. The summed E-state index contributed by atoms with van der Waals surface area (Å²) in [5.74, 6) is 0.798. The van der Waals surface area contributed by atoms with E-state index in [1.54, 1.807) is 6.20 Å². The fraction of sp³-hybridized carbons (Fsp3) is 0.312. The molecule has 0 fully saturated rings. The summed E-state index contributed by atoms with van der Waals surface area (Å²) in [6, 6.07) is 9.90. The van der Waals surface area contributed by atoms with Gasteiger partial charge in [0.05, 0.1) is 18.8 Å². The van der Waals surface area contributed by atoms with Crippen molar-refractivity contribution in [2.75, 3.05) is 13.7 Å². The second kappa shape index (κ2) is 7.27. The lowest BCUT2D eigenvalue weighted by molar-refractivity contribution is 0.315. The zero-order valence-corrected chi connectivity index (χ0v) is 12.5. The molecule has 106 valence electrons. The Labute approximate surface area is 124 Å². The molecule has 0 aliphatic carbocycles. The van der Waals surface area contributed by atoms with Crippen LogP contribution in [0.2, 0.25) is 5.02 Å². The van der Waals surface area contributed by atoms with E-state index in [1.165, 1.54) is 0 Å². The van der Waals surface area contributed by atoms with E-state index in [-0.39, 0.29) is 6.04 Å². The number of benzene rings is 1. The second-order valence-electron chi connectivity index (χ2n) is 4.58. The minimum absolute atomic E-state index is 0.0476. The molecular weight excluding hydrogens is 272 g/mol. The van der Waals surface area contributed by atoms with Gasteiger partial charge in [0.15, 0.2) is 0 Å². The highest BCUT2D eigenvalue weighted by Gasteiger charge is 2.13. The summed E-state index contributed by atoms with van der Waals surface area (Å²) in [5, 5.41) is 4.02. The highest BCUT2D eigenvalue weighted by Crippen LogP contribution is 2.25. The molecule has 1 unspecified atom stereocenters. The molecular formula is C16H19ClN2O. The Morgan fingerprint density at radius 1 is 1.25 bits per heavy atom. The minimum atomic E-state index is 0.0476. The van der Waals surface area contributed by atoms with Crippen LogP contribution in [0.4, 0.5) is 0 Å². The van der Waals surface area contributed by atoms with Crippen molar-refractivity contribution in [2.24, 2.45) is 0 Å². The lowest BCUT2D eigenvalue weighted by Gasteiger charge is -2.18. The molecule has 20 heavy (non-hydrogen) atoms. The van der Waals surface area contributed by atoms with Crippen LogP contribution in [0.3, 0.4) is 0 Å². The first kappa shape index (κ1) is 14.8. The molecule has 4 heteroatoms. The first-order chi connectivity index (χ1) is 9.74. The van der Waals surface area contributed by atoms with Crippen molar-refractivity contribution in [3.05, 3.63) is 58.9 Å². The van der Waals surface area contributed by atoms with Gasteiger partial charge in [0.1, 0.15) is 5.75 Å². The van der Waals surface area contributed by atoms with Crippen LogP contribution >= 0.6 is 11.6 Å². The molecule has 1 atom stereocenters. The molecule has 0 bridgehead atoms. The number of hydrogen-bond donors (Lipinski definition) is 1. The Balaban J connectivity index is 2.27. The number of nitrogens with one attached hydrogen (secondary N) is 1. The van der Waals surface area contributed by atoms with Crippen LogP contribution in [0.15, 0.2) is 42.7 Å². The Hall–Kier alpha value is -1.58. The first-order valence-corrected chi connectivity index (χ1v) is 7.13. The molecule has 2 rings (SSSR count). The average Bonchev–Trinajstić information content (AvgIpc) is 2.46. The Kier molecular flexibility index (Phi) is 5.39. The highest BCUT2D eigenvalue weighted by molar-refractivity contribution is 6.30. The van der Waals surface area contributed by atoms with E-state index in [2.05, 4.69) is 17.2 Å². The van der Waals surface area contributed by atoms with Gasteiger partial charge in [-0.15, -0.1) is 0 Å². The third kappa shape index (κ3) is 3.71. The van der Waals surface area contributed by atoms with Gasteiger partial charge < -0.3 is 10.1 Å². The maximum atomic E-state index is 6.07. The van der Waals surface area contributed by atoms with Gasteiger partial charge in [-0.1, -0.05) is 30.7 Å². The molecule has 0 radical (unpaired) electrons. The van der Waals surface area contributed by atoms with Crippen LogP contribution in [0.5, 0.6) is 5.75 Å². The SMILES string of the molecule is CCCOc1cncc(C(NC)c2cccc(Cl)c2)c1. The Bertz CT molecular complexity index is 560. The van der Waals surface area contributed by atoms with Crippen LogP contribution in [-0.2, 0) is 0 Å². The largest absolute Gasteiger partial charge is 0.492 e. The van der Waals surface area contributed by atoms with E-state index >= 15 is 0 Å². The van der Waals surface area contributed by atoms with E-state index < -0.39 is 0 Å². The molecule has 0 saturated heterocycles. The monoisotopic (exact) mass is 290 g/mol. The number of pyridine rings is 1. The van der Waals surface area contributed by atoms with Crippen molar-refractivity contribution in [1.82, 2.24) is 10.3 Å². The lowest BCUT2D eigenvalue weighted by atomic mass is 10.0. The number of aromatic nitrogens is 1. The van der Waals surface area contributed by atoms with Crippen LogP contribution in [0.25, 0.3) is 0 Å². The minimum Gasteiger partial charge on any atom is -0.492 e. The number of hydrogen-bond acceptors (Lipinski definition) is 3. The summed E-state index contributed by atoms with van der Waals surface area (Å²) in [4.78, 5) is 4.26. The summed E-state index contributed by atoms with van der Waals surface area (Å²) < 4.78 is 5.63. The molecule has 0 amide bonds. The molecule has 0 saturated carbocycles. The van der Waals surface area contributed by atoms with Gasteiger partial charge in [-0.05, 0) is 42.8 Å². The van der Waals surface area contributed by atoms with Crippen LogP contribution in [0.1, 0.15) is 30.5 Å². The van der Waals surface area contributed by atoms with Crippen LogP contribution < -0.4 is 10.1 Å². The predicted octanol–water partition coefficient (Wildman–Crippen LogP) is 3.83. The average molecular weight is 291 g/mol. The molecule has 0 spiro atoms. The number of nitrogens with zero attached hydrogens (tertiary/aromatic N) is 1. The summed E-state index contributed by atoms with van der Waals surface area (Å²) in [5.41, 5.74) is 2.16. The summed E-state index contributed by atoms with van der Waals surface area (Å²) in [7, 11) is 1.92. The number of rotatable bonds is 6. The van der Waals surface area contributed by atoms with Crippen LogP contribution in [-0.4, -0.2) is 18.6 Å². The molecule has 3 nitrogen and oxygen atoms in total. The molecule has 1 heterocycles. The van der Waals surface area contributed by atoms with Gasteiger partial charge in [-0.25, -0.2) is 0 Å². The van der Waals surface area contributed by atoms with E-state index in [0.717, 1.165) is 28.3 Å². The van der Waals surface area contributed by atoms with Gasteiger partial charge in [0.25, 0.3) is 0 Å². The van der Waals surface area contributed by atoms with Crippen molar-refractivity contribution in [1.29, 1.82) is 0 Å². The van der Waals surface area contributed by atoms with Gasteiger partial charge >= 0.3 is 0 Å². The quantitative estimate of drug-likeness (QED) is 0.878. The standard InChI is InChI=1S/C16H19ClN2O/c1-3-7-20-15-9-13(10-19-11-15)16(18-2)12-5-4-6-14(17)8-12/h4-6,8-11,16,18H,3,7H2,1-2H3. The fourth-order valence-corrected chi connectivity index (χ4v) is 2.30. The van der Waals surface area contributed by atoms with Gasteiger partial charge in [-0.3, -0.25) is 4.98 Å². The molecule has 0 aliphatic rings. The van der Waals surface area contributed by atoms with E-state index in [9.17, 15) is 0 Å². The third-order valence-corrected chi connectivity index (χ3v) is 3.25. The zero-order chi connectivity index (χ0) is 14.4. The van der Waals surface area contributed by atoms with Gasteiger partial charge in [-0.2, -0.15) is 0 Å². The number of halogens is 1. The zero-order valence-electron chi connectivity index (χ0n) is 11.8. The highest BCUT2D eigenvalue weighted by atomic mass is 35.5. The summed E-state index contributed by atoms with van der Waals surface area (Å²) >= 11 is 6.07. The second-order valence-corrected chi connectivity index (χ2v) is 5.02. The lowest BCUT2D eigenvalue weighted by Crippen LogP contribution is -2.18. The molecule has 1 N–H and O–H groups in total. The maximum absolute atomic E-state index is 6.07. The van der Waals surface area contributed by atoms with Crippen molar-refractivity contribution in [3.63, 3.8) is 0 Å². The van der Waals surface area contributed by atoms with Crippen molar-refractivity contribution in [3.8, 4) is 5.75 Å². The third-order valence-electron chi connectivity index (χ3n) is 3.01. The maximum Gasteiger partial charge on any atom is 0.137 e. The van der Waals surface area contributed by atoms with Gasteiger partial charge in [0.2, 0.25) is 0 Å². The molecule has 2 aromatic rings. The van der Waals surface area contributed by atoms with Gasteiger partial charge in [0, 0.05) is 11.2 Å². The number of ether oxygens (including phenoxy) is 1. The Morgan fingerprint density at radius 3 is 2.80 bits per heavy atom. The molecule has 0 aliphatic heterocycles. The van der Waals surface area contributed by atoms with E-state index in [4.69, 9.17) is 16.3 Å². The first-order valence-electron chi connectivity index (χ1n) is 6.75. The predicted molar refractivity (Wildman–Crippen MR) is 82.4 cm³/mol. The Morgan fingerprint density at radius 2 is 2.10 bits per heavy atom. The van der Waals surface area contributed by atoms with Crippen LogP contribution in [0, 0.1) is 0 Å². The van der Waals surface area contributed by atoms with E-state index in [0.29, 0.717) is 6.61 Å². The van der Waals surface area contributed by atoms with Crippen molar-refractivity contribution in [2.45, 2.75) is 19.4 Å². The smallest absolute Gasteiger partial charge is 0.137 e. The summed E-state index contributed by atoms with van der Waals surface area (Å²) in [6.07, 6.45) is 4.57. The van der Waals surface area contributed by atoms with Crippen molar-refractivity contribution < 1.29 is 4.74 Å². The van der Waals surface area contributed by atoms with Crippen molar-refractivity contribution >= 4 is 11.6 Å². The fourth-order valence-electron chi connectivity index (χ4n) is 2.10. The normalized spacial score (nSPS) is 12.2. The molecule has 1 aromatic heterocycles. The van der Waals surface area contributed by atoms with E-state index in [1.807, 2.05) is 43.6 Å². The molecule has 1 aromatic carbocycles.